The molecule has 0 aliphatic carbocycles. The fourth-order valence-electron chi connectivity index (χ4n) is 2.26. The summed E-state index contributed by atoms with van der Waals surface area (Å²) >= 11 is 0. The van der Waals surface area contributed by atoms with Crippen molar-refractivity contribution in [2.24, 2.45) is 5.73 Å². The molecule has 106 valence electrons. The van der Waals surface area contributed by atoms with Crippen molar-refractivity contribution in [1.82, 2.24) is 9.97 Å². The number of nitrogens with zero attached hydrogens (tertiary/aromatic N) is 2. The van der Waals surface area contributed by atoms with Crippen molar-refractivity contribution in [1.29, 1.82) is 0 Å². The third-order valence-electron chi connectivity index (χ3n) is 3.36. The van der Waals surface area contributed by atoms with E-state index in [1.54, 1.807) is 6.20 Å². The van der Waals surface area contributed by atoms with E-state index in [9.17, 15) is 0 Å². The monoisotopic (exact) mass is 278 g/mol. The average molecular weight is 278 g/mol. The van der Waals surface area contributed by atoms with Gasteiger partial charge in [-0.05, 0) is 35.9 Å². The van der Waals surface area contributed by atoms with Crippen molar-refractivity contribution in [3.05, 3.63) is 54.7 Å². The Labute approximate surface area is 124 Å². The summed E-state index contributed by atoms with van der Waals surface area (Å²) in [5.41, 5.74) is 7.50. The third kappa shape index (κ3) is 3.17. The van der Waals surface area contributed by atoms with Gasteiger partial charge in [-0.1, -0.05) is 36.4 Å². The van der Waals surface area contributed by atoms with E-state index in [0.29, 0.717) is 12.5 Å². The van der Waals surface area contributed by atoms with Crippen LogP contribution in [0.15, 0.2) is 54.7 Å². The highest BCUT2D eigenvalue weighted by Crippen LogP contribution is 2.23. The lowest BCUT2D eigenvalue weighted by atomic mass is 10.1. The summed E-state index contributed by atoms with van der Waals surface area (Å²) in [6.07, 6.45) is 2.69. The molecule has 3 N–H and O–H groups in total. The van der Waals surface area contributed by atoms with E-state index in [2.05, 4.69) is 45.6 Å². The smallest absolute Gasteiger partial charge is 0.223 e. The summed E-state index contributed by atoms with van der Waals surface area (Å²) in [6, 6.07) is 16.6. The summed E-state index contributed by atoms with van der Waals surface area (Å²) in [7, 11) is 0. The second-order valence-electron chi connectivity index (χ2n) is 4.90. The van der Waals surface area contributed by atoms with Crippen LogP contribution in [0.5, 0.6) is 0 Å². The minimum absolute atomic E-state index is 0.647. The molecule has 3 rings (SSSR count). The molecule has 0 saturated heterocycles. The number of nitrogens with two attached hydrogens (primary N) is 1. The molecule has 0 atom stereocenters. The highest BCUT2D eigenvalue weighted by molar-refractivity contribution is 5.86. The molecule has 0 amide bonds. The number of nitrogens with one attached hydrogen (secondary N) is 1. The molecule has 0 spiro atoms. The van der Waals surface area contributed by atoms with Crippen LogP contribution >= 0.6 is 0 Å². The van der Waals surface area contributed by atoms with Crippen molar-refractivity contribution in [2.75, 3.05) is 18.4 Å². The average Bonchev–Trinajstić information content (AvgIpc) is 2.55. The fourth-order valence-corrected chi connectivity index (χ4v) is 2.26. The van der Waals surface area contributed by atoms with Crippen LogP contribution in [-0.4, -0.2) is 23.1 Å². The molecular weight excluding hydrogens is 260 g/mol. The summed E-state index contributed by atoms with van der Waals surface area (Å²) in [6.45, 7) is 1.45. The van der Waals surface area contributed by atoms with Gasteiger partial charge < -0.3 is 11.1 Å². The van der Waals surface area contributed by atoms with Crippen molar-refractivity contribution in [2.45, 2.75) is 6.42 Å². The lowest BCUT2D eigenvalue weighted by molar-refractivity contribution is 0.864. The Balaban J connectivity index is 1.89. The molecule has 2 aromatic carbocycles. The molecule has 1 heterocycles. The van der Waals surface area contributed by atoms with Crippen molar-refractivity contribution in [3.8, 4) is 11.3 Å². The first kappa shape index (κ1) is 13.5. The Morgan fingerprint density at radius 2 is 1.86 bits per heavy atom. The molecule has 0 bridgehead atoms. The van der Waals surface area contributed by atoms with E-state index in [4.69, 9.17) is 5.73 Å². The van der Waals surface area contributed by atoms with E-state index in [-0.39, 0.29) is 0 Å². The minimum Gasteiger partial charge on any atom is -0.354 e. The normalized spacial score (nSPS) is 10.7. The first-order chi connectivity index (χ1) is 10.4. The van der Waals surface area contributed by atoms with Gasteiger partial charge >= 0.3 is 0 Å². The standard InChI is InChI=1S/C17H18N4/c18-9-3-10-19-17-20-11-8-16(21-17)15-7-6-13-4-1-2-5-14(13)12-15/h1-2,4-8,11-12H,3,9-10,18H2,(H,19,20,21). The van der Waals surface area contributed by atoms with Gasteiger partial charge in [-0.15, -0.1) is 0 Å². The molecule has 4 nitrogen and oxygen atoms in total. The molecule has 3 aromatic rings. The molecule has 1 aromatic heterocycles. The SMILES string of the molecule is NCCCNc1nccc(-c2ccc3ccccc3c2)n1. The second-order valence-corrected chi connectivity index (χ2v) is 4.90. The molecule has 0 fully saturated rings. The van der Waals surface area contributed by atoms with E-state index in [1.807, 2.05) is 18.2 Å². The van der Waals surface area contributed by atoms with E-state index in [1.165, 1.54) is 10.8 Å². The molecule has 21 heavy (non-hydrogen) atoms. The third-order valence-corrected chi connectivity index (χ3v) is 3.36. The highest BCUT2D eigenvalue weighted by atomic mass is 15.1. The summed E-state index contributed by atoms with van der Waals surface area (Å²) in [5, 5.41) is 5.64. The first-order valence-electron chi connectivity index (χ1n) is 7.13. The van der Waals surface area contributed by atoms with Gasteiger partial charge in [0, 0.05) is 18.3 Å². The number of hydrogen-bond donors (Lipinski definition) is 2. The van der Waals surface area contributed by atoms with Crippen LogP contribution in [0.2, 0.25) is 0 Å². The van der Waals surface area contributed by atoms with Gasteiger partial charge in [0.15, 0.2) is 0 Å². The van der Waals surface area contributed by atoms with Gasteiger partial charge in [-0.25, -0.2) is 9.97 Å². The van der Waals surface area contributed by atoms with Crippen LogP contribution in [0.25, 0.3) is 22.0 Å². The zero-order valence-electron chi connectivity index (χ0n) is 11.8. The van der Waals surface area contributed by atoms with Crippen molar-refractivity contribution < 1.29 is 0 Å². The Bertz CT molecular complexity index is 739. The minimum atomic E-state index is 0.647. The van der Waals surface area contributed by atoms with Gasteiger partial charge in [0.2, 0.25) is 5.95 Å². The Morgan fingerprint density at radius 1 is 1.00 bits per heavy atom. The highest BCUT2D eigenvalue weighted by Gasteiger charge is 2.03. The first-order valence-corrected chi connectivity index (χ1v) is 7.13. The largest absolute Gasteiger partial charge is 0.354 e. The second kappa shape index (κ2) is 6.33. The van der Waals surface area contributed by atoms with Crippen LogP contribution in [0.4, 0.5) is 5.95 Å². The number of aromatic nitrogens is 2. The number of rotatable bonds is 5. The zero-order chi connectivity index (χ0) is 14.5. The number of hydrogen-bond acceptors (Lipinski definition) is 4. The lowest BCUT2D eigenvalue weighted by Gasteiger charge is -2.07. The van der Waals surface area contributed by atoms with E-state index in [0.717, 1.165) is 24.2 Å². The molecule has 4 heteroatoms. The zero-order valence-corrected chi connectivity index (χ0v) is 11.8. The van der Waals surface area contributed by atoms with Crippen LogP contribution in [0.3, 0.4) is 0 Å². The summed E-state index contributed by atoms with van der Waals surface area (Å²) in [4.78, 5) is 8.79. The predicted molar refractivity (Wildman–Crippen MR) is 87.1 cm³/mol. The number of anilines is 1. The predicted octanol–water partition coefficient (Wildman–Crippen LogP) is 3.06. The van der Waals surface area contributed by atoms with Gasteiger partial charge in [-0.2, -0.15) is 0 Å². The van der Waals surface area contributed by atoms with E-state index < -0.39 is 0 Å². The van der Waals surface area contributed by atoms with Gasteiger partial charge in [0.1, 0.15) is 0 Å². The van der Waals surface area contributed by atoms with Crippen LogP contribution in [-0.2, 0) is 0 Å². The quantitative estimate of drug-likeness (QED) is 0.704. The van der Waals surface area contributed by atoms with Crippen molar-refractivity contribution >= 4 is 16.7 Å². The maximum Gasteiger partial charge on any atom is 0.223 e. The fraction of sp³-hybridized carbons (Fsp3) is 0.176. The number of fused-ring (bicyclic) bond motifs is 1. The van der Waals surface area contributed by atoms with E-state index >= 15 is 0 Å². The maximum atomic E-state index is 5.49. The lowest BCUT2D eigenvalue weighted by Crippen LogP contribution is -2.10. The van der Waals surface area contributed by atoms with Crippen LogP contribution in [0.1, 0.15) is 6.42 Å². The molecule has 0 saturated carbocycles. The Kier molecular flexibility index (Phi) is 4.07. The Hall–Kier alpha value is -2.46. The van der Waals surface area contributed by atoms with Gasteiger partial charge in [0.05, 0.1) is 5.69 Å². The number of benzene rings is 2. The van der Waals surface area contributed by atoms with Crippen LogP contribution < -0.4 is 11.1 Å². The summed E-state index contributed by atoms with van der Waals surface area (Å²) in [5.74, 6) is 0.647. The van der Waals surface area contributed by atoms with Gasteiger partial charge in [-0.3, -0.25) is 0 Å². The molecule has 0 aliphatic heterocycles. The maximum absolute atomic E-state index is 5.49. The topological polar surface area (TPSA) is 63.8 Å². The molecule has 0 radical (unpaired) electrons. The Morgan fingerprint density at radius 3 is 2.71 bits per heavy atom. The van der Waals surface area contributed by atoms with Gasteiger partial charge in [0.25, 0.3) is 0 Å². The molecule has 0 aliphatic rings. The van der Waals surface area contributed by atoms with Crippen LogP contribution in [0, 0.1) is 0 Å². The van der Waals surface area contributed by atoms with Crippen molar-refractivity contribution in [3.63, 3.8) is 0 Å². The molecular formula is C17H18N4. The summed E-state index contributed by atoms with van der Waals surface area (Å²) < 4.78 is 0. The molecule has 0 unspecified atom stereocenters.